The summed E-state index contributed by atoms with van der Waals surface area (Å²) in [7, 11) is 0. The van der Waals surface area contributed by atoms with Crippen LogP contribution in [-0.4, -0.2) is 22.7 Å². The lowest BCUT2D eigenvalue weighted by Crippen LogP contribution is -2.01. The average Bonchev–Trinajstić information content (AvgIpc) is 3.12. The van der Waals surface area contributed by atoms with Crippen molar-refractivity contribution < 1.29 is 19.4 Å². The monoisotopic (exact) mass is 415 g/mol. The molecule has 5 nitrogen and oxygen atoms in total. The number of hydrogen-bond donors (Lipinski definition) is 2. The lowest BCUT2D eigenvalue weighted by molar-refractivity contribution is -0.136. The van der Waals surface area contributed by atoms with Crippen LogP contribution in [0.1, 0.15) is 25.3 Å². The van der Waals surface area contributed by atoms with Crippen molar-refractivity contribution in [2.75, 3.05) is 6.61 Å². The van der Waals surface area contributed by atoms with Crippen LogP contribution in [0.5, 0.6) is 17.2 Å². The number of aliphatic carboxylic acids is 1. The number of ether oxygens (including phenoxy) is 2. The number of para-hydroxylation sites is 1. The first-order chi connectivity index (χ1) is 15.1. The molecular weight excluding hydrogens is 390 g/mol. The van der Waals surface area contributed by atoms with Gasteiger partial charge in [-0.1, -0.05) is 43.7 Å². The first-order valence-corrected chi connectivity index (χ1v) is 10.5. The summed E-state index contributed by atoms with van der Waals surface area (Å²) in [6, 6.07) is 23.0. The van der Waals surface area contributed by atoms with Crippen LogP contribution in [0.3, 0.4) is 0 Å². The number of benzene rings is 3. The maximum Gasteiger partial charge on any atom is 0.307 e. The fourth-order valence-corrected chi connectivity index (χ4v) is 3.57. The summed E-state index contributed by atoms with van der Waals surface area (Å²) >= 11 is 0. The molecule has 0 aliphatic rings. The van der Waals surface area contributed by atoms with E-state index in [0.717, 1.165) is 52.1 Å². The number of carboxylic acid groups (broad SMARTS) is 1. The fourth-order valence-electron chi connectivity index (χ4n) is 3.57. The van der Waals surface area contributed by atoms with E-state index >= 15 is 0 Å². The third-order valence-electron chi connectivity index (χ3n) is 5.07. The molecule has 0 bridgehead atoms. The Morgan fingerprint density at radius 1 is 0.935 bits per heavy atom. The van der Waals surface area contributed by atoms with Gasteiger partial charge in [0.1, 0.15) is 17.2 Å². The summed E-state index contributed by atoms with van der Waals surface area (Å²) in [4.78, 5) is 15.0. The maximum atomic E-state index is 11.6. The lowest BCUT2D eigenvalue weighted by Gasteiger charge is -2.08. The zero-order chi connectivity index (χ0) is 21.6. The van der Waals surface area contributed by atoms with E-state index in [2.05, 4.69) is 11.9 Å². The highest BCUT2D eigenvalue weighted by Crippen LogP contribution is 2.35. The number of carboxylic acids is 1. The van der Waals surface area contributed by atoms with Gasteiger partial charge in [0, 0.05) is 16.5 Å². The minimum atomic E-state index is -0.879. The van der Waals surface area contributed by atoms with E-state index in [0.29, 0.717) is 12.4 Å². The number of aromatic nitrogens is 1. The molecule has 4 aromatic rings. The number of nitrogens with one attached hydrogen (secondary N) is 1. The Morgan fingerprint density at radius 2 is 1.74 bits per heavy atom. The largest absolute Gasteiger partial charge is 0.494 e. The predicted molar refractivity (Wildman–Crippen MR) is 122 cm³/mol. The zero-order valence-electron chi connectivity index (χ0n) is 17.4. The van der Waals surface area contributed by atoms with Crippen molar-refractivity contribution in [3.05, 3.63) is 78.4 Å². The van der Waals surface area contributed by atoms with Crippen molar-refractivity contribution >= 4 is 16.9 Å². The van der Waals surface area contributed by atoms with Crippen LogP contribution >= 0.6 is 0 Å². The van der Waals surface area contributed by atoms with Gasteiger partial charge >= 0.3 is 5.97 Å². The number of carbonyl (C=O) groups is 1. The maximum absolute atomic E-state index is 11.6. The van der Waals surface area contributed by atoms with Crippen LogP contribution in [0.2, 0.25) is 0 Å². The Hall–Kier alpha value is -3.73. The standard InChI is InChI=1S/C26H25NO4/c1-2-3-14-30-20-12-13-24-22(16-20)23(17-25(28)29)26(27-24)18-8-7-11-21(15-18)31-19-9-5-4-6-10-19/h4-13,15-16,27H,2-3,14,17H2,1H3,(H,28,29). The molecule has 1 heterocycles. The number of H-pyrrole nitrogens is 1. The minimum absolute atomic E-state index is 0.0858. The number of rotatable bonds is 9. The van der Waals surface area contributed by atoms with E-state index in [1.54, 1.807) is 0 Å². The van der Waals surface area contributed by atoms with Crippen LogP contribution in [-0.2, 0) is 11.2 Å². The molecule has 0 amide bonds. The first-order valence-electron chi connectivity index (χ1n) is 10.5. The van der Waals surface area contributed by atoms with Crippen molar-refractivity contribution in [1.82, 2.24) is 4.98 Å². The van der Waals surface area contributed by atoms with Gasteiger partial charge in [-0.15, -0.1) is 0 Å². The molecule has 158 valence electrons. The van der Waals surface area contributed by atoms with Crippen LogP contribution < -0.4 is 9.47 Å². The summed E-state index contributed by atoms with van der Waals surface area (Å²) in [5.74, 6) is 1.30. The van der Waals surface area contributed by atoms with Crippen molar-refractivity contribution in [3.8, 4) is 28.5 Å². The smallest absolute Gasteiger partial charge is 0.307 e. The number of unbranched alkanes of at least 4 members (excludes halogenated alkanes) is 1. The molecule has 0 radical (unpaired) electrons. The second-order valence-electron chi connectivity index (χ2n) is 7.40. The predicted octanol–water partition coefficient (Wildman–Crippen LogP) is 6.43. The van der Waals surface area contributed by atoms with Gasteiger partial charge < -0.3 is 19.6 Å². The van der Waals surface area contributed by atoms with Crippen LogP contribution in [0.4, 0.5) is 0 Å². The SMILES string of the molecule is CCCCOc1ccc2[nH]c(-c3cccc(Oc4ccccc4)c3)c(CC(=O)O)c2c1. The Balaban J connectivity index is 1.72. The van der Waals surface area contributed by atoms with E-state index in [9.17, 15) is 9.90 Å². The quantitative estimate of drug-likeness (QED) is 0.309. The van der Waals surface area contributed by atoms with Crippen molar-refractivity contribution in [2.45, 2.75) is 26.2 Å². The second kappa shape index (κ2) is 9.39. The Morgan fingerprint density at radius 3 is 2.52 bits per heavy atom. The molecule has 0 spiro atoms. The number of fused-ring (bicyclic) bond motifs is 1. The molecule has 0 fully saturated rings. The van der Waals surface area contributed by atoms with E-state index in [-0.39, 0.29) is 6.42 Å². The van der Waals surface area contributed by atoms with Gasteiger partial charge in [0.05, 0.1) is 18.7 Å². The van der Waals surface area contributed by atoms with Gasteiger partial charge in [0.2, 0.25) is 0 Å². The normalized spacial score (nSPS) is 10.9. The molecule has 31 heavy (non-hydrogen) atoms. The molecule has 0 saturated heterocycles. The van der Waals surface area contributed by atoms with Crippen LogP contribution in [0.25, 0.3) is 22.2 Å². The first kappa shape index (κ1) is 20.5. The number of hydrogen-bond acceptors (Lipinski definition) is 3. The summed E-state index contributed by atoms with van der Waals surface area (Å²) < 4.78 is 11.8. The highest BCUT2D eigenvalue weighted by Gasteiger charge is 2.17. The molecule has 3 aromatic carbocycles. The highest BCUT2D eigenvalue weighted by molar-refractivity contribution is 5.94. The Bertz CT molecular complexity index is 1180. The molecule has 5 heteroatoms. The summed E-state index contributed by atoms with van der Waals surface area (Å²) in [6.07, 6.45) is 1.95. The van der Waals surface area contributed by atoms with Gasteiger partial charge in [0.15, 0.2) is 0 Å². The molecule has 0 aliphatic heterocycles. The molecular formula is C26H25NO4. The lowest BCUT2D eigenvalue weighted by atomic mass is 10.0. The topological polar surface area (TPSA) is 71.5 Å². The van der Waals surface area contributed by atoms with E-state index in [1.807, 2.05) is 72.8 Å². The van der Waals surface area contributed by atoms with Gasteiger partial charge in [-0.2, -0.15) is 0 Å². The van der Waals surface area contributed by atoms with Gasteiger partial charge in [-0.05, 0) is 54.4 Å². The summed E-state index contributed by atoms with van der Waals surface area (Å²) in [5.41, 5.74) is 3.26. The van der Waals surface area contributed by atoms with Gasteiger partial charge in [-0.3, -0.25) is 4.79 Å². The molecule has 1 aromatic heterocycles. The van der Waals surface area contributed by atoms with Crippen molar-refractivity contribution in [1.29, 1.82) is 0 Å². The molecule has 2 N–H and O–H groups in total. The molecule has 0 unspecified atom stereocenters. The van der Waals surface area contributed by atoms with Gasteiger partial charge in [0.25, 0.3) is 0 Å². The molecule has 0 aliphatic carbocycles. The molecule has 0 saturated carbocycles. The fraction of sp³-hybridized carbons (Fsp3) is 0.192. The minimum Gasteiger partial charge on any atom is -0.494 e. The molecule has 4 rings (SSSR count). The Labute approximate surface area is 181 Å². The zero-order valence-corrected chi connectivity index (χ0v) is 17.4. The average molecular weight is 415 g/mol. The van der Waals surface area contributed by atoms with Crippen molar-refractivity contribution in [3.63, 3.8) is 0 Å². The Kier molecular flexibility index (Phi) is 6.22. The number of aromatic amines is 1. The van der Waals surface area contributed by atoms with E-state index in [4.69, 9.17) is 9.47 Å². The second-order valence-corrected chi connectivity index (χ2v) is 7.40. The third-order valence-corrected chi connectivity index (χ3v) is 5.07. The third kappa shape index (κ3) is 4.89. The molecule has 0 atom stereocenters. The van der Waals surface area contributed by atoms with Crippen LogP contribution in [0.15, 0.2) is 72.8 Å². The van der Waals surface area contributed by atoms with Crippen molar-refractivity contribution in [2.24, 2.45) is 0 Å². The van der Waals surface area contributed by atoms with E-state index < -0.39 is 5.97 Å². The summed E-state index contributed by atoms with van der Waals surface area (Å²) in [6.45, 7) is 2.76. The van der Waals surface area contributed by atoms with Crippen LogP contribution in [0, 0.1) is 0 Å². The van der Waals surface area contributed by atoms with Gasteiger partial charge in [-0.25, -0.2) is 0 Å². The highest BCUT2D eigenvalue weighted by atomic mass is 16.5. The van der Waals surface area contributed by atoms with E-state index in [1.165, 1.54) is 0 Å². The summed E-state index contributed by atoms with van der Waals surface area (Å²) in [5, 5.41) is 10.4.